The lowest BCUT2D eigenvalue weighted by Gasteiger charge is -2.39. The molecule has 2 aromatic heterocycles. The minimum absolute atomic E-state index is 0.0148. The van der Waals surface area contributed by atoms with Gasteiger partial charge in [0.25, 0.3) is 0 Å². The number of amides is 1. The molecule has 3 rings (SSSR count). The number of rotatable bonds is 11. The maximum absolute atomic E-state index is 11.1. The summed E-state index contributed by atoms with van der Waals surface area (Å²) in [6.07, 6.45) is 0.858. The highest BCUT2D eigenvalue weighted by Crippen LogP contribution is 2.38. The van der Waals surface area contributed by atoms with E-state index in [-0.39, 0.29) is 29.5 Å². The van der Waals surface area contributed by atoms with Crippen LogP contribution in [0, 0.1) is 6.92 Å². The largest absolute Gasteiger partial charge is 0.491 e. The number of aromatic nitrogens is 4. The maximum atomic E-state index is 11.1. The Morgan fingerprint density at radius 2 is 1.85 bits per heavy atom. The summed E-state index contributed by atoms with van der Waals surface area (Å²) in [6.45, 7) is 15.5. The summed E-state index contributed by atoms with van der Waals surface area (Å²) in [5.74, 6) is 0.863. The first-order valence-electron chi connectivity index (χ1n) is 12.9. The average Bonchev–Trinajstić information content (AvgIpc) is 3.24. The Hall–Kier alpha value is -2.37. The van der Waals surface area contributed by atoms with Crippen molar-refractivity contribution in [3.63, 3.8) is 0 Å². The minimum atomic E-state index is -2.14. The molecule has 0 bridgehead atoms. The third-order valence-corrected chi connectivity index (χ3v) is 12.5. The number of primary amides is 1. The van der Waals surface area contributed by atoms with E-state index in [9.17, 15) is 4.79 Å². The van der Waals surface area contributed by atoms with Crippen molar-refractivity contribution >= 4 is 49.2 Å². The van der Waals surface area contributed by atoms with Crippen molar-refractivity contribution in [1.82, 2.24) is 19.7 Å². The molecule has 1 unspecified atom stereocenters. The molecule has 0 fully saturated rings. The predicted octanol–water partition coefficient (Wildman–Crippen LogP) is 7.55. The zero-order valence-corrected chi connectivity index (χ0v) is 27.1. The fraction of sp³-hybridized carbons (Fsp3) is 0.481. The molecule has 13 heteroatoms. The van der Waals surface area contributed by atoms with Crippen LogP contribution in [-0.2, 0) is 15.7 Å². The monoisotopic (exact) mass is 627 g/mol. The molecule has 1 amide bonds. The van der Waals surface area contributed by atoms with Gasteiger partial charge < -0.3 is 19.6 Å². The van der Waals surface area contributed by atoms with Crippen LogP contribution in [0.4, 0.5) is 4.79 Å². The van der Waals surface area contributed by atoms with Crippen molar-refractivity contribution in [3.8, 4) is 28.5 Å². The van der Waals surface area contributed by atoms with E-state index >= 15 is 0 Å². The van der Waals surface area contributed by atoms with Crippen LogP contribution in [0.2, 0.25) is 33.3 Å². The van der Waals surface area contributed by atoms with Gasteiger partial charge in [0, 0.05) is 24.1 Å². The van der Waals surface area contributed by atoms with Gasteiger partial charge in [-0.25, -0.2) is 14.8 Å². The number of benzene rings is 1. The van der Waals surface area contributed by atoms with Crippen LogP contribution < -0.4 is 10.5 Å². The van der Waals surface area contributed by atoms with Gasteiger partial charge in [0.05, 0.1) is 34.6 Å². The van der Waals surface area contributed by atoms with Gasteiger partial charge in [-0.2, -0.15) is 5.10 Å². The third kappa shape index (κ3) is 7.67. The molecule has 9 nitrogen and oxygen atoms in total. The van der Waals surface area contributed by atoms with Crippen LogP contribution in [0.1, 0.15) is 39.7 Å². The number of nitrogens with zero attached hydrogens (tertiary/aromatic N) is 4. The fourth-order valence-corrected chi connectivity index (χ4v) is 5.67. The van der Waals surface area contributed by atoms with E-state index in [1.165, 1.54) is 0 Å². The predicted molar refractivity (Wildman–Crippen MR) is 162 cm³/mol. The van der Waals surface area contributed by atoms with Crippen molar-refractivity contribution in [2.75, 3.05) is 13.2 Å². The normalized spacial score (nSPS) is 12.8. The molecule has 0 aliphatic rings. The summed E-state index contributed by atoms with van der Waals surface area (Å²) >= 11 is 19.6. The number of hydrogen-bond acceptors (Lipinski definition) is 7. The topological polar surface area (TPSA) is 114 Å². The van der Waals surface area contributed by atoms with Crippen molar-refractivity contribution < 1.29 is 18.7 Å². The minimum Gasteiger partial charge on any atom is -0.491 e. The first-order chi connectivity index (χ1) is 18.6. The first kappa shape index (κ1) is 32.1. The molecule has 1 atom stereocenters. The number of carbonyl (C=O) groups excluding carboxylic acids is 1. The molecular weight excluding hydrogens is 593 g/mol. The number of halogens is 3. The van der Waals surface area contributed by atoms with Crippen LogP contribution in [0.15, 0.2) is 24.4 Å². The van der Waals surface area contributed by atoms with E-state index in [4.69, 9.17) is 59.4 Å². The molecule has 3 aromatic rings. The van der Waals surface area contributed by atoms with E-state index in [0.717, 1.165) is 0 Å². The van der Waals surface area contributed by atoms with Gasteiger partial charge in [-0.1, -0.05) is 55.6 Å². The molecule has 2 heterocycles. The molecule has 0 saturated carbocycles. The Bertz CT molecular complexity index is 1360. The summed E-state index contributed by atoms with van der Waals surface area (Å²) in [5.41, 5.74) is 7.58. The quantitative estimate of drug-likeness (QED) is 0.172. The Kier molecular flexibility index (Phi) is 10.5. The Labute approximate surface area is 251 Å². The van der Waals surface area contributed by atoms with Crippen LogP contribution in [0.3, 0.4) is 0 Å². The summed E-state index contributed by atoms with van der Waals surface area (Å²) in [5, 5.41) is 5.47. The SMILES string of the molecule is CCn1ncc(Cl)c1-c1nc(-c2cc(OCC(CCOC(N)=O)O[Si](C)(C)C(C)(C)C)ccc2Cl)nc(Cl)c1C. The van der Waals surface area contributed by atoms with Crippen molar-refractivity contribution in [2.24, 2.45) is 5.73 Å². The lowest BCUT2D eigenvalue weighted by atomic mass is 10.1. The lowest BCUT2D eigenvalue weighted by Crippen LogP contribution is -2.45. The Morgan fingerprint density at radius 3 is 2.48 bits per heavy atom. The number of ether oxygens (including phenoxy) is 2. The van der Waals surface area contributed by atoms with Gasteiger partial charge in [0.15, 0.2) is 14.1 Å². The van der Waals surface area contributed by atoms with Crippen molar-refractivity contribution in [2.45, 2.75) is 71.8 Å². The van der Waals surface area contributed by atoms with Gasteiger partial charge in [-0.05, 0) is 50.2 Å². The van der Waals surface area contributed by atoms with E-state index in [1.807, 2.05) is 13.8 Å². The third-order valence-electron chi connectivity index (χ3n) is 6.97. The fourth-order valence-electron chi connectivity index (χ4n) is 3.69. The van der Waals surface area contributed by atoms with Crippen molar-refractivity contribution in [1.29, 1.82) is 0 Å². The maximum Gasteiger partial charge on any atom is 0.404 e. The summed E-state index contributed by atoms with van der Waals surface area (Å²) in [7, 11) is -2.14. The number of nitrogens with two attached hydrogens (primary N) is 1. The number of aryl methyl sites for hydroxylation is 1. The van der Waals surface area contributed by atoms with E-state index in [2.05, 4.69) is 43.9 Å². The Balaban J connectivity index is 1.91. The Morgan fingerprint density at radius 1 is 1.15 bits per heavy atom. The molecule has 0 saturated heterocycles. The van der Waals surface area contributed by atoms with E-state index < -0.39 is 14.4 Å². The van der Waals surface area contributed by atoms with Crippen LogP contribution in [0.5, 0.6) is 5.75 Å². The van der Waals surface area contributed by atoms with Crippen LogP contribution in [0.25, 0.3) is 22.8 Å². The molecule has 0 radical (unpaired) electrons. The van der Waals surface area contributed by atoms with Crippen LogP contribution >= 0.6 is 34.8 Å². The van der Waals surface area contributed by atoms with Gasteiger partial charge in [0.2, 0.25) is 0 Å². The molecular formula is C27H36Cl3N5O4Si. The first-order valence-corrected chi connectivity index (χ1v) is 17.0. The zero-order valence-electron chi connectivity index (χ0n) is 23.8. The molecule has 1 aromatic carbocycles. The summed E-state index contributed by atoms with van der Waals surface area (Å²) < 4.78 is 19.4. The van der Waals surface area contributed by atoms with Gasteiger partial charge in [0.1, 0.15) is 23.2 Å². The second-order valence-corrected chi connectivity index (χ2v) is 16.8. The molecule has 0 spiro atoms. The van der Waals surface area contributed by atoms with Gasteiger partial charge >= 0.3 is 6.09 Å². The summed E-state index contributed by atoms with van der Waals surface area (Å²) in [4.78, 5) is 20.4. The second-order valence-electron chi connectivity index (χ2n) is 10.9. The number of hydrogen-bond donors (Lipinski definition) is 1. The highest BCUT2D eigenvalue weighted by molar-refractivity contribution is 6.74. The standard InChI is InChI=1S/C27H36Cl3N5O4Si/c1-8-35-23(21(29)14-32-35)22-16(2)24(30)34-25(33-22)19-13-17(9-10-20(19)28)38-15-18(11-12-37-26(31)36)39-40(6,7)27(3,4)5/h9-10,13-14,18H,8,11-12,15H2,1-7H3,(H2,31,36). The molecule has 40 heavy (non-hydrogen) atoms. The molecule has 2 N–H and O–H groups in total. The van der Waals surface area contributed by atoms with E-state index in [0.29, 0.717) is 57.1 Å². The van der Waals surface area contributed by atoms with Crippen molar-refractivity contribution in [3.05, 3.63) is 45.2 Å². The van der Waals surface area contributed by atoms with E-state index in [1.54, 1.807) is 29.1 Å². The lowest BCUT2D eigenvalue weighted by molar-refractivity contribution is 0.0810. The molecule has 0 aliphatic heterocycles. The second kappa shape index (κ2) is 13.1. The number of carbonyl (C=O) groups is 1. The highest BCUT2D eigenvalue weighted by atomic mass is 35.5. The highest BCUT2D eigenvalue weighted by Gasteiger charge is 2.39. The van der Waals surface area contributed by atoms with Crippen LogP contribution in [-0.4, -0.2) is 53.5 Å². The summed E-state index contributed by atoms with van der Waals surface area (Å²) in [6, 6.07) is 5.23. The zero-order chi connectivity index (χ0) is 29.8. The average molecular weight is 629 g/mol. The molecule has 218 valence electrons. The van der Waals surface area contributed by atoms with Gasteiger partial charge in [-0.15, -0.1) is 0 Å². The van der Waals surface area contributed by atoms with Gasteiger partial charge in [-0.3, -0.25) is 4.68 Å². The smallest absolute Gasteiger partial charge is 0.404 e. The molecule has 0 aliphatic carbocycles.